The number of hydrogen-bond acceptors (Lipinski definition) is 4. The molecule has 2 aromatic carbocycles. The molecule has 0 bridgehead atoms. The second kappa shape index (κ2) is 5.61. The lowest BCUT2D eigenvalue weighted by molar-refractivity contribution is -0.384. The quantitative estimate of drug-likeness (QED) is 0.478. The van der Waals surface area contributed by atoms with E-state index >= 15 is 0 Å². The second-order valence-corrected chi connectivity index (χ2v) is 5.21. The maximum atomic E-state index is 12.4. The molecule has 5 nitrogen and oxygen atoms in total. The maximum Gasteiger partial charge on any atom is 0.269 e. The van der Waals surface area contributed by atoms with Gasteiger partial charge in [-0.3, -0.25) is 14.9 Å². The Balaban J connectivity index is 1.92. The molecule has 0 fully saturated rings. The number of carbonyl (C=O) groups excluding carboxylic acids is 1. The number of carbonyl (C=O) groups is 1. The highest BCUT2D eigenvalue weighted by atomic mass is 35.5. The number of ether oxygens (including phenoxy) is 1. The second-order valence-electron chi connectivity index (χ2n) is 4.78. The number of nitrogens with zero attached hydrogens (tertiary/aromatic N) is 1. The van der Waals surface area contributed by atoms with Gasteiger partial charge in [0, 0.05) is 22.7 Å². The van der Waals surface area contributed by atoms with Gasteiger partial charge in [-0.2, -0.15) is 0 Å². The summed E-state index contributed by atoms with van der Waals surface area (Å²) in [6, 6.07) is 10.9. The number of fused-ring (bicyclic) bond motifs is 1. The minimum Gasteiger partial charge on any atom is -0.488 e. The van der Waals surface area contributed by atoms with E-state index in [1.54, 1.807) is 36.4 Å². The summed E-state index contributed by atoms with van der Waals surface area (Å²) in [5.74, 6) is 0.359. The molecule has 0 aliphatic carbocycles. The molecule has 0 saturated carbocycles. The summed E-state index contributed by atoms with van der Waals surface area (Å²) in [6.45, 7) is 0.157. The Hall–Kier alpha value is -2.66. The van der Waals surface area contributed by atoms with Crippen molar-refractivity contribution in [1.29, 1.82) is 0 Å². The molecule has 22 heavy (non-hydrogen) atoms. The van der Waals surface area contributed by atoms with Crippen molar-refractivity contribution in [3.05, 3.63) is 74.3 Å². The van der Waals surface area contributed by atoms with E-state index in [-0.39, 0.29) is 18.1 Å². The molecule has 0 atom stereocenters. The monoisotopic (exact) mass is 315 g/mol. The van der Waals surface area contributed by atoms with E-state index in [0.717, 1.165) is 0 Å². The van der Waals surface area contributed by atoms with Gasteiger partial charge in [-0.1, -0.05) is 11.6 Å². The molecule has 0 aromatic heterocycles. The molecule has 1 aliphatic rings. The lowest BCUT2D eigenvalue weighted by atomic mass is 9.98. The molecule has 0 amide bonds. The van der Waals surface area contributed by atoms with Crippen LogP contribution in [0.15, 0.2) is 48.0 Å². The predicted molar refractivity (Wildman–Crippen MR) is 82.4 cm³/mol. The van der Waals surface area contributed by atoms with Crippen LogP contribution in [0.1, 0.15) is 15.9 Å². The molecule has 0 spiro atoms. The van der Waals surface area contributed by atoms with Gasteiger partial charge in [-0.25, -0.2) is 0 Å². The van der Waals surface area contributed by atoms with Gasteiger partial charge in [-0.15, -0.1) is 0 Å². The van der Waals surface area contributed by atoms with E-state index in [4.69, 9.17) is 16.3 Å². The predicted octanol–water partition coefficient (Wildman–Crippen LogP) is 3.91. The Bertz CT molecular complexity index is 796. The Morgan fingerprint density at radius 3 is 2.59 bits per heavy atom. The molecule has 1 heterocycles. The van der Waals surface area contributed by atoms with Gasteiger partial charge in [0.05, 0.1) is 10.5 Å². The fraction of sp³-hybridized carbons (Fsp3) is 0.0625. The number of non-ortho nitro benzene ring substituents is 1. The number of hydrogen-bond donors (Lipinski definition) is 0. The molecule has 3 rings (SSSR count). The van der Waals surface area contributed by atoms with E-state index in [9.17, 15) is 14.9 Å². The number of nitro groups is 1. The summed E-state index contributed by atoms with van der Waals surface area (Å²) in [7, 11) is 0. The van der Waals surface area contributed by atoms with Crippen molar-refractivity contribution in [1.82, 2.24) is 0 Å². The Labute approximate surface area is 130 Å². The van der Waals surface area contributed by atoms with E-state index in [1.165, 1.54) is 12.1 Å². The maximum absolute atomic E-state index is 12.4. The third-order valence-corrected chi connectivity index (χ3v) is 3.54. The summed E-state index contributed by atoms with van der Waals surface area (Å²) in [5.41, 5.74) is 1.60. The van der Waals surface area contributed by atoms with Crippen LogP contribution in [-0.2, 0) is 0 Å². The highest BCUT2D eigenvalue weighted by Crippen LogP contribution is 2.30. The van der Waals surface area contributed by atoms with Crippen molar-refractivity contribution in [2.45, 2.75) is 0 Å². The normalized spacial score (nSPS) is 15.3. The van der Waals surface area contributed by atoms with Gasteiger partial charge in [0.25, 0.3) is 5.69 Å². The zero-order valence-electron chi connectivity index (χ0n) is 11.3. The Morgan fingerprint density at radius 1 is 1.18 bits per heavy atom. The summed E-state index contributed by atoms with van der Waals surface area (Å²) in [6.07, 6.45) is 1.66. The molecule has 110 valence electrons. The van der Waals surface area contributed by atoms with Gasteiger partial charge >= 0.3 is 0 Å². The van der Waals surface area contributed by atoms with Crippen molar-refractivity contribution in [2.75, 3.05) is 6.61 Å². The van der Waals surface area contributed by atoms with E-state index < -0.39 is 4.92 Å². The molecule has 1 aliphatic heterocycles. The Morgan fingerprint density at radius 2 is 1.91 bits per heavy atom. The van der Waals surface area contributed by atoms with Crippen LogP contribution in [0.25, 0.3) is 6.08 Å². The fourth-order valence-electron chi connectivity index (χ4n) is 2.20. The zero-order valence-corrected chi connectivity index (χ0v) is 12.0. The smallest absolute Gasteiger partial charge is 0.269 e. The van der Waals surface area contributed by atoms with Crippen molar-refractivity contribution in [3.8, 4) is 5.75 Å². The van der Waals surface area contributed by atoms with Crippen molar-refractivity contribution in [3.63, 3.8) is 0 Å². The molecular formula is C16H10ClNO4. The first kappa shape index (κ1) is 14.3. The first-order valence-corrected chi connectivity index (χ1v) is 6.84. The average molecular weight is 316 g/mol. The van der Waals surface area contributed by atoms with Crippen LogP contribution >= 0.6 is 11.6 Å². The number of ketones is 1. The van der Waals surface area contributed by atoms with Crippen LogP contribution in [0.4, 0.5) is 5.69 Å². The lowest BCUT2D eigenvalue weighted by Crippen LogP contribution is -2.18. The van der Waals surface area contributed by atoms with Gasteiger partial charge in [0.1, 0.15) is 12.4 Å². The van der Waals surface area contributed by atoms with Crippen LogP contribution < -0.4 is 4.74 Å². The summed E-state index contributed by atoms with van der Waals surface area (Å²) in [4.78, 5) is 22.6. The highest BCUT2D eigenvalue weighted by Gasteiger charge is 2.23. The summed E-state index contributed by atoms with van der Waals surface area (Å²) in [5, 5.41) is 11.1. The average Bonchev–Trinajstić information content (AvgIpc) is 2.51. The van der Waals surface area contributed by atoms with Crippen molar-refractivity contribution < 1.29 is 14.5 Å². The van der Waals surface area contributed by atoms with Crippen molar-refractivity contribution >= 4 is 29.1 Å². The summed E-state index contributed by atoms with van der Waals surface area (Å²) >= 11 is 5.91. The molecule has 6 heteroatoms. The molecule has 0 saturated heterocycles. The molecular weight excluding hydrogens is 306 g/mol. The number of benzene rings is 2. The minimum atomic E-state index is -0.468. The Kier molecular flexibility index (Phi) is 3.65. The molecule has 0 radical (unpaired) electrons. The standard InChI is InChI=1S/C16H10ClNO4/c17-12-3-6-15-14(8-12)16(19)11(9-22-15)7-10-1-4-13(5-2-10)18(20)21/h1-8H,9H2/b11-7+. The van der Waals surface area contributed by atoms with Gasteiger partial charge in [0.15, 0.2) is 5.78 Å². The summed E-state index contributed by atoms with van der Waals surface area (Å²) < 4.78 is 5.54. The van der Waals surface area contributed by atoms with Crippen LogP contribution in [0.5, 0.6) is 5.75 Å². The first-order valence-electron chi connectivity index (χ1n) is 6.46. The SMILES string of the molecule is O=C1/C(=C/c2ccc([N+](=O)[O-])cc2)COc2ccc(Cl)cc21. The third-order valence-electron chi connectivity index (χ3n) is 3.31. The van der Waals surface area contributed by atoms with Crippen LogP contribution in [0.2, 0.25) is 5.02 Å². The van der Waals surface area contributed by atoms with Crippen LogP contribution in [0, 0.1) is 10.1 Å². The first-order chi connectivity index (χ1) is 10.5. The minimum absolute atomic E-state index is 0.00509. The van der Waals surface area contributed by atoms with E-state index in [0.29, 0.717) is 27.5 Å². The van der Waals surface area contributed by atoms with E-state index in [2.05, 4.69) is 0 Å². The molecule has 0 unspecified atom stereocenters. The zero-order chi connectivity index (χ0) is 15.7. The van der Waals surface area contributed by atoms with Crippen LogP contribution in [0.3, 0.4) is 0 Å². The largest absolute Gasteiger partial charge is 0.488 e. The van der Waals surface area contributed by atoms with Gasteiger partial charge in [0.2, 0.25) is 0 Å². The van der Waals surface area contributed by atoms with Gasteiger partial charge < -0.3 is 4.74 Å². The third kappa shape index (κ3) is 2.71. The molecule has 0 N–H and O–H groups in total. The number of Topliss-reactive ketones (excluding diaryl/α,β-unsaturated/α-hetero) is 1. The van der Waals surface area contributed by atoms with Crippen LogP contribution in [-0.4, -0.2) is 17.3 Å². The lowest BCUT2D eigenvalue weighted by Gasteiger charge is -2.18. The number of nitro benzene ring substituents is 1. The fourth-order valence-corrected chi connectivity index (χ4v) is 2.37. The topological polar surface area (TPSA) is 69.4 Å². The van der Waals surface area contributed by atoms with E-state index in [1.807, 2.05) is 0 Å². The highest BCUT2D eigenvalue weighted by molar-refractivity contribution is 6.31. The van der Waals surface area contributed by atoms with Gasteiger partial charge in [-0.05, 0) is 42.0 Å². The number of rotatable bonds is 2. The van der Waals surface area contributed by atoms with Crippen molar-refractivity contribution in [2.24, 2.45) is 0 Å². The number of halogens is 1. The molecule has 2 aromatic rings.